The molecule has 0 fully saturated rings. The van der Waals surface area contributed by atoms with Crippen LogP contribution in [0.3, 0.4) is 0 Å². The molecule has 0 saturated carbocycles. The summed E-state index contributed by atoms with van der Waals surface area (Å²) in [5, 5.41) is 5.51. The Labute approximate surface area is 118 Å². The van der Waals surface area contributed by atoms with Crippen molar-refractivity contribution in [2.75, 3.05) is 5.32 Å². The van der Waals surface area contributed by atoms with E-state index in [2.05, 4.69) is 16.6 Å². The monoisotopic (exact) mass is 270 g/mol. The molecule has 0 spiro atoms. The number of benzene rings is 1. The highest BCUT2D eigenvalue weighted by Crippen LogP contribution is 2.28. The molecular weight excluding hydrogens is 252 g/mol. The van der Waals surface area contributed by atoms with E-state index >= 15 is 0 Å². The third-order valence-corrected chi connectivity index (χ3v) is 3.51. The molecule has 2 rings (SSSR count). The summed E-state index contributed by atoms with van der Waals surface area (Å²) in [6, 6.07) is 3.13. The molecule has 0 radical (unpaired) electrons. The minimum atomic E-state index is -0.525. The summed E-state index contributed by atoms with van der Waals surface area (Å²) >= 11 is 0. The van der Waals surface area contributed by atoms with Crippen LogP contribution in [0.2, 0.25) is 0 Å². The van der Waals surface area contributed by atoms with Crippen LogP contribution in [0.25, 0.3) is 0 Å². The Morgan fingerprint density at radius 1 is 1.35 bits per heavy atom. The first kappa shape index (κ1) is 14.1. The van der Waals surface area contributed by atoms with Crippen LogP contribution in [0.5, 0.6) is 0 Å². The van der Waals surface area contributed by atoms with E-state index in [9.17, 15) is 9.59 Å². The first-order chi connectivity index (χ1) is 9.47. The number of carbonyl (C=O) groups excluding carboxylic acids is 2. The SMILES string of the molecule is C#Cc1cc(C(C)C)cc2c1NC(=O)C(CC)NC2=O. The molecule has 2 amide bonds. The van der Waals surface area contributed by atoms with E-state index < -0.39 is 6.04 Å². The molecular formula is C16H18N2O2. The van der Waals surface area contributed by atoms with Crippen molar-refractivity contribution in [1.82, 2.24) is 5.32 Å². The molecule has 1 aromatic rings. The zero-order valence-electron chi connectivity index (χ0n) is 11.9. The normalized spacial score (nSPS) is 17.9. The summed E-state index contributed by atoms with van der Waals surface area (Å²) < 4.78 is 0. The van der Waals surface area contributed by atoms with Crippen LogP contribution >= 0.6 is 0 Å². The van der Waals surface area contributed by atoms with Gasteiger partial charge in [0, 0.05) is 5.56 Å². The van der Waals surface area contributed by atoms with Gasteiger partial charge >= 0.3 is 0 Å². The molecule has 1 aliphatic rings. The molecule has 2 N–H and O–H groups in total. The Bertz CT molecular complexity index is 612. The van der Waals surface area contributed by atoms with Gasteiger partial charge in [-0.05, 0) is 30.0 Å². The smallest absolute Gasteiger partial charge is 0.254 e. The molecule has 0 bridgehead atoms. The van der Waals surface area contributed by atoms with E-state index in [-0.39, 0.29) is 17.7 Å². The molecule has 1 atom stereocenters. The van der Waals surface area contributed by atoms with E-state index in [0.29, 0.717) is 23.2 Å². The van der Waals surface area contributed by atoms with Crippen LogP contribution in [-0.2, 0) is 4.79 Å². The molecule has 1 unspecified atom stereocenters. The van der Waals surface area contributed by atoms with Crippen molar-refractivity contribution >= 4 is 17.5 Å². The standard InChI is InChI=1S/C16H18N2O2/c1-5-10-7-11(9(3)4)8-12-14(10)18-16(20)13(6-2)17-15(12)19/h1,7-9,13H,6H2,2-4H3,(H,17,19)(H,18,20). The van der Waals surface area contributed by atoms with E-state index in [1.165, 1.54) is 0 Å². The van der Waals surface area contributed by atoms with Crippen LogP contribution in [-0.4, -0.2) is 17.9 Å². The maximum Gasteiger partial charge on any atom is 0.254 e. The lowest BCUT2D eigenvalue weighted by Crippen LogP contribution is -2.40. The third kappa shape index (κ3) is 2.39. The molecule has 0 aromatic heterocycles. The zero-order valence-corrected chi connectivity index (χ0v) is 11.9. The van der Waals surface area contributed by atoms with Gasteiger partial charge in [0.2, 0.25) is 5.91 Å². The molecule has 1 aromatic carbocycles. The predicted molar refractivity (Wildman–Crippen MR) is 78.6 cm³/mol. The summed E-state index contributed by atoms with van der Waals surface area (Å²) in [6.07, 6.45) is 6.05. The molecule has 20 heavy (non-hydrogen) atoms. The number of hydrogen-bond donors (Lipinski definition) is 2. The van der Waals surface area contributed by atoms with E-state index in [1.54, 1.807) is 6.07 Å². The maximum absolute atomic E-state index is 12.3. The highest BCUT2D eigenvalue weighted by atomic mass is 16.2. The second-order valence-electron chi connectivity index (χ2n) is 5.21. The lowest BCUT2D eigenvalue weighted by atomic mass is 9.95. The number of rotatable bonds is 2. The molecule has 104 valence electrons. The number of terminal acetylenes is 1. The van der Waals surface area contributed by atoms with Crippen molar-refractivity contribution in [2.45, 2.75) is 39.2 Å². The molecule has 1 heterocycles. The molecule has 0 saturated heterocycles. The summed E-state index contributed by atoms with van der Waals surface area (Å²) in [5.74, 6) is 2.32. The molecule has 1 aliphatic heterocycles. The Balaban J connectivity index is 2.61. The number of hydrogen-bond acceptors (Lipinski definition) is 2. The fraction of sp³-hybridized carbons (Fsp3) is 0.375. The van der Waals surface area contributed by atoms with Gasteiger partial charge in [-0.1, -0.05) is 26.7 Å². The molecule has 4 nitrogen and oxygen atoms in total. The van der Waals surface area contributed by atoms with Crippen molar-refractivity contribution in [1.29, 1.82) is 0 Å². The topological polar surface area (TPSA) is 58.2 Å². The van der Waals surface area contributed by atoms with E-state index in [4.69, 9.17) is 6.42 Å². The van der Waals surface area contributed by atoms with Crippen molar-refractivity contribution < 1.29 is 9.59 Å². The average Bonchev–Trinajstić information content (AvgIpc) is 2.55. The van der Waals surface area contributed by atoms with Crippen LogP contribution in [0.1, 0.15) is 54.6 Å². The average molecular weight is 270 g/mol. The summed E-state index contributed by atoms with van der Waals surface area (Å²) in [4.78, 5) is 24.3. The second kappa shape index (κ2) is 5.38. The van der Waals surface area contributed by atoms with Crippen molar-refractivity contribution in [2.24, 2.45) is 0 Å². The lowest BCUT2D eigenvalue weighted by molar-refractivity contribution is -0.117. The Morgan fingerprint density at radius 2 is 2.05 bits per heavy atom. The summed E-state index contributed by atoms with van der Waals surface area (Å²) in [6.45, 7) is 5.91. The van der Waals surface area contributed by atoms with Crippen LogP contribution < -0.4 is 10.6 Å². The van der Waals surface area contributed by atoms with Crippen LogP contribution in [0, 0.1) is 12.3 Å². The third-order valence-electron chi connectivity index (χ3n) is 3.51. The Hall–Kier alpha value is -2.28. The highest BCUT2D eigenvalue weighted by Gasteiger charge is 2.28. The maximum atomic E-state index is 12.3. The van der Waals surface area contributed by atoms with Gasteiger partial charge in [-0.25, -0.2) is 0 Å². The van der Waals surface area contributed by atoms with Crippen molar-refractivity contribution in [3.8, 4) is 12.3 Å². The fourth-order valence-electron chi connectivity index (χ4n) is 2.22. The van der Waals surface area contributed by atoms with E-state index in [1.807, 2.05) is 26.8 Å². The van der Waals surface area contributed by atoms with E-state index in [0.717, 1.165) is 5.56 Å². The van der Waals surface area contributed by atoms with Gasteiger partial charge in [0.25, 0.3) is 5.91 Å². The number of nitrogens with one attached hydrogen (secondary N) is 2. The first-order valence-electron chi connectivity index (χ1n) is 6.74. The Morgan fingerprint density at radius 3 is 2.60 bits per heavy atom. The Kier molecular flexibility index (Phi) is 3.80. The summed E-state index contributed by atoms with van der Waals surface area (Å²) in [7, 11) is 0. The van der Waals surface area contributed by atoms with Gasteiger partial charge in [-0.2, -0.15) is 0 Å². The second-order valence-corrected chi connectivity index (χ2v) is 5.21. The minimum absolute atomic E-state index is 0.228. The fourth-order valence-corrected chi connectivity index (χ4v) is 2.22. The zero-order chi connectivity index (χ0) is 14.9. The van der Waals surface area contributed by atoms with Crippen LogP contribution in [0.15, 0.2) is 12.1 Å². The molecule has 4 heteroatoms. The predicted octanol–water partition coefficient (Wildman–Crippen LogP) is 2.25. The van der Waals surface area contributed by atoms with Crippen molar-refractivity contribution in [3.63, 3.8) is 0 Å². The van der Waals surface area contributed by atoms with Gasteiger partial charge < -0.3 is 10.6 Å². The highest BCUT2D eigenvalue weighted by molar-refractivity contribution is 6.11. The van der Waals surface area contributed by atoms with Crippen molar-refractivity contribution in [3.05, 3.63) is 28.8 Å². The number of fused-ring (bicyclic) bond motifs is 1. The molecule has 0 aliphatic carbocycles. The van der Waals surface area contributed by atoms with Gasteiger partial charge in [0.15, 0.2) is 0 Å². The van der Waals surface area contributed by atoms with Crippen LogP contribution in [0.4, 0.5) is 5.69 Å². The van der Waals surface area contributed by atoms with Gasteiger partial charge in [0.1, 0.15) is 6.04 Å². The minimum Gasteiger partial charge on any atom is -0.340 e. The largest absolute Gasteiger partial charge is 0.340 e. The van der Waals surface area contributed by atoms with Gasteiger partial charge in [0.05, 0.1) is 11.3 Å². The number of carbonyl (C=O) groups is 2. The van der Waals surface area contributed by atoms with Gasteiger partial charge in [-0.3, -0.25) is 9.59 Å². The quantitative estimate of drug-likeness (QED) is 0.810. The lowest BCUT2D eigenvalue weighted by Gasteiger charge is -2.13. The number of amides is 2. The summed E-state index contributed by atoms with van der Waals surface area (Å²) in [5.41, 5.74) is 2.41. The van der Waals surface area contributed by atoms with Gasteiger partial charge in [-0.15, -0.1) is 6.42 Å². The first-order valence-corrected chi connectivity index (χ1v) is 6.74. The number of anilines is 1.